The van der Waals surface area contributed by atoms with Crippen molar-refractivity contribution in [1.29, 1.82) is 0 Å². The summed E-state index contributed by atoms with van der Waals surface area (Å²) in [5.41, 5.74) is 1.46. The summed E-state index contributed by atoms with van der Waals surface area (Å²) in [7, 11) is 0. The van der Waals surface area contributed by atoms with Crippen molar-refractivity contribution in [2.75, 3.05) is 13.1 Å². The predicted molar refractivity (Wildman–Crippen MR) is 84.1 cm³/mol. The van der Waals surface area contributed by atoms with Crippen LogP contribution >= 0.6 is 15.9 Å². The van der Waals surface area contributed by atoms with Crippen LogP contribution in [0.5, 0.6) is 0 Å². The molecular weight excluding hydrogens is 286 g/mol. The van der Waals surface area contributed by atoms with Crippen molar-refractivity contribution in [1.82, 2.24) is 5.32 Å². The molecule has 0 radical (unpaired) electrons. The standard InChI is InChI=1S/C16H26BrN/c1-4-6-13(3)16(12-18-11-5-2)14-7-9-15(17)10-8-14/h7-10,13,16,18H,4-6,11-12H2,1-3H3. The highest BCUT2D eigenvalue weighted by Gasteiger charge is 2.18. The molecule has 2 heteroatoms. The molecule has 1 nitrogen and oxygen atoms in total. The van der Waals surface area contributed by atoms with Gasteiger partial charge in [-0.05, 0) is 42.5 Å². The van der Waals surface area contributed by atoms with E-state index in [9.17, 15) is 0 Å². The van der Waals surface area contributed by atoms with Gasteiger partial charge in [-0.2, -0.15) is 0 Å². The summed E-state index contributed by atoms with van der Waals surface area (Å²) in [5.74, 6) is 1.37. The average Bonchev–Trinajstić information content (AvgIpc) is 2.36. The Labute approximate surface area is 120 Å². The van der Waals surface area contributed by atoms with Crippen molar-refractivity contribution in [2.24, 2.45) is 5.92 Å². The van der Waals surface area contributed by atoms with Gasteiger partial charge < -0.3 is 5.32 Å². The molecule has 1 aromatic carbocycles. The molecule has 0 bridgehead atoms. The van der Waals surface area contributed by atoms with Gasteiger partial charge in [-0.3, -0.25) is 0 Å². The maximum absolute atomic E-state index is 3.58. The molecule has 0 aliphatic rings. The molecule has 1 N–H and O–H groups in total. The van der Waals surface area contributed by atoms with Crippen LogP contribution in [0.4, 0.5) is 0 Å². The molecule has 0 aliphatic heterocycles. The second kappa shape index (κ2) is 8.71. The number of benzene rings is 1. The highest BCUT2D eigenvalue weighted by Crippen LogP contribution is 2.28. The third-order valence-corrected chi connectivity index (χ3v) is 4.05. The summed E-state index contributed by atoms with van der Waals surface area (Å²) < 4.78 is 1.16. The second-order valence-corrected chi connectivity index (χ2v) is 6.04. The summed E-state index contributed by atoms with van der Waals surface area (Å²) in [6.45, 7) is 9.08. The first-order valence-electron chi connectivity index (χ1n) is 7.15. The van der Waals surface area contributed by atoms with Crippen LogP contribution < -0.4 is 5.32 Å². The molecule has 2 unspecified atom stereocenters. The fraction of sp³-hybridized carbons (Fsp3) is 0.625. The largest absolute Gasteiger partial charge is 0.316 e. The highest BCUT2D eigenvalue weighted by molar-refractivity contribution is 9.10. The SMILES string of the molecule is CCCNCC(c1ccc(Br)cc1)C(C)CCC. The zero-order valence-corrected chi connectivity index (χ0v) is 13.5. The Balaban J connectivity index is 2.72. The normalized spacial score (nSPS) is 14.4. The van der Waals surface area contributed by atoms with E-state index in [0.29, 0.717) is 5.92 Å². The Bertz CT molecular complexity index is 320. The lowest BCUT2D eigenvalue weighted by Crippen LogP contribution is -2.26. The first-order chi connectivity index (χ1) is 8.69. The van der Waals surface area contributed by atoms with Crippen molar-refractivity contribution < 1.29 is 0 Å². The molecule has 0 amide bonds. The van der Waals surface area contributed by atoms with E-state index < -0.39 is 0 Å². The zero-order chi connectivity index (χ0) is 13.4. The van der Waals surface area contributed by atoms with Crippen molar-refractivity contribution in [3.8, 4) is 0 Å². The molecule has 1 aromatic rings. The molecule has 0 aromatic heterocycles. The minimum absolute atomic E-state index is 0.629. The van der Waals surface area contributed by atoms with Crippen LogP contribution in [-0.4, -0.2) is 13.1 Å². The van der Waals surface area contributed by atoms with E-state index in [-0.39, 0.29) is 0 Å². The van der Waals surface area contributed by atoms with Crippen LogP contribution in [0, 0.1) is 5.92 Å². The number of hydrogen-bond donors (Lipinski definition) is 1. The van der Waals surface area contributed by atoms with Crippen LogP contribution in [0.1, 0.15) is 51.5 Å². The first kappa shape index (κ1) is 15.7. The fourth-order valence-corrected chi connectivity index (χ4v) is 2.71. The quantitative estimate of drug-likeness (QED) is 0.668. The summed E-state index contributed by atoms with van der Waals surface area (Å²) in [5, 5.41) is 3.58. The van der Waals surface area contributed by atoms with E-state index in [4.69, 9.17) is 0 Å². The van der Waals surface area contributed by atoms with E-state index in [0.717, 1.165) is 23.5 Å². The predicted octanol–water partition coefficient (Wildman–Crippen LogP) is 4.97. The third-order valence-electron chi connectivity index (χ3n) is 3.52. The van der Waals surface area contributed by atoms with E-state index >= 15 is 0 Å². The average molecular weight is 312 g/mol. The molecule has 2 atom stereocenters. The van der Waals surface area contributed by atoms with Crippen LogP contribution in [0.25, 0.3) is 0 Å². The zero-order valence-electron chi connectivity index (χ0n) is 11.9. The molecule has 0 saturated heterocycles. The molecule has 0 saturated carbocycles. The lowest BCUT2D eigenvalue weighted by Gasteiger charge is -2.25. The van der Waals surface area contributed by atoms with Crippen molar-refractivity contribution >= 4 is 15.9 Å². The Morgan fingerprint density at radius 3 is 2.33 bits per heavy atom. The molecule has 18 heavy (non-hydrogen) atoms. The van der Waals surface area contributed by atoms with Gasteiger partial charge in [0.15, 0.2) is 0 Å². The van der Waals surface area contributed by atoms with Gasteiger partial charge in [-0.25, -0.2) is 0 Å². The molecule has 0 spiro atoms. The van der Waals surface area contributed by atoms with Gasteiger partial charge in [0.25, 0.3) is 0 Å². The van der Waals surface area contributed by atoms with Crippen molar-refractivity contribution in [2.45, 2.75) is 46.0 Å². The number of nitrogens with one attached hydrogen (secondary N) is 1. The second-order valence-electron chi connectivity index (χ2n) is 5.13. The molecule has 1 rings (SSSR count). The van der Waals surface area contributed by atoms with Gasteiger partial charge in [0, 0.05) is 11.0 Å². The summed E-state index contributed by atoms with van der Waals surface area (Å²) in [4.78, 5) is 0. The van der Waals surface area contributed by atoms with E-state index in [1.165, 1.54) is 24.8 Å². The molecule has 0 heterocycles. The van der Waals surface area contributed by atoms with Gasteiger partial charge in [0.2, 0.25) is 0 Å². The number of halogens is 1. The van der Waals surface area contributed by atoms with Crippen LogP contribution in [0.3, 0.4) is 0 Å². The van der Waals surface area contributed by atoms with Crippen molar-refractivity contribution in [3.63, 3.8) is 0 Å². The molecular formula is C16H26BrN. The Morgan fingerprint density at radius 1 is 1.11 bits per heavy atom. The van der Waals surface area contributed by atoms with Crippen molar-refractivity contribution in [3.05, 3.63) is 34.3 Å². The van der Waals surface area contributed by atoms with Gasteiger partial charge >= 0.3 is 0 Å². The van der Waals surface area contributed by atoms with E-state index in [1.54, 1.807) is 0 Å². The molecule has 0 aliphatic carbocycles. The van der Waals surface area contributed by atoms with Gasteiger partial charge in [0.1, 0.15) is 0 Å². The van der Waals surface area contributed by atoms with E-state index in [2.05, 4.69) is 66.3 Å². The maximum Gasteiger partial charge on any atom is 0.0175 e. The molecule has 102 valence electrons. The smallest absolute Gasteiger partial charge is 0.0175 e. The van der Waals surface area contributed by atoms with Crippen LogP contribution in [-0.2, 0) is 0 Å². The highest BCUT2D eigenvalue weighted by atomic mass is 79.9. The van der Waals surface area contributed by atoms with Crippen LogP contribution in [0.2, 0.25) is 0 Å². The van der Waals surface area contributed by atoms with E-state index in [1.807, 2.05) is 0 Å². The Kier molecular flexibility index (Phi) is 7.60. The fourth-order valence-electron chi connectivity index (χ4n) is 2.45. The minimum Gasteiger partial charge on any atom is -0.316 e. The number of rotatable bonds is 8. The first-order valence-corrected chi connectivity index (χ1v) is 7.94. The molecule has 0 fully saturated rings. The van der Waals surface area contributed by atoms with Gasteiger partial charge in [0.05, 0.1) is 0 Å². The Hall–Kier alpha value is -0.340. The summed E-state index contributed by atoms with van der Waals surface area (Å²) in [6, 6.07) is 8.82. The summed E-state index contributed by atoms with van der Waals surface area (Å²) in [6.07, 6.45) is 3.77. The Morgan fingerprint density at radius 2 is 1.78 bits per heavy atom. The number of hydrogen-bond acceptors (Lipinski definition) is 1. The third kappa shape index (κ3) is 5.11. The van der Waals surface area contributed by atoms with Gasteiger partial charge in [-0.15, -0.1) is 0 Å². The summed E-state index contributed by atoms with van der Waals surface area (Å²) >= 11 is 3.51. The lowest BCUT2D eigenvalue weighted by atomic mass is 9.84. The van der Waals surface area contributed by atoms with Gasteiger partial charge in [-0.1, -0.05) is 61.7 Å². The monoisotopic (exact) mass is 311 g/mol. The minimum atomic E-state index is 0.629. The van der Waals surface area contributed by atoms with Crippen LogP contribution in [0.15, 0.2) is 28.7 Å². The topological polar surface area (TPSA) is 12.0 Å². The lowest BCUT2D eigenvalue weighted by molar-refractivity contribution is 0.404. The maximum atomic E-state index is 3.58.